The first-order valence-electron chi connectivity index (χ1n) is 6.16. The van der Waals surface area contributed by atoms with Crippen molar-refractivity contribution in [1.82, 2.24) is 0 Å². The fourth-order valence-corrected chi connectivity index (χ4v) is 2.13. The number of nitro benzene ring substituents is 1. The third kappa shape index (κ3) is 2.24. The van der Waals surface area contributed by atoms with E-state index in [1.54, 1.807) is 0 Å². The van der Waals surface area contributed by atoms with Crippen LogP contribution in [0.4, 0.5) is 25.8 Å². The van der Waals surface area contributed by atoms with Crippen molar-refractivity contribution in [1.29, 1.82) is 0 Å². The van der Waals surface area contributed by atoms with Crippen LogP contribution in [0.5, 0.6) is 5.75 Å². The summed E-state index contributed by atoms with van der Waals surface area (Å²) in [6.45, 7) is 0. The van der Waals surface area contributed by atoms with Gasteiger partial charge in [-0.05, 0) is 30.3 Å². The van der Waals surface area contributed by atoms with E-state index in [1.807, 2.05) is 0 Å². The van der Waals surface area contributed by atoms with Crippen molar-refractivity contribution >= 4 is 23.0 Å². The molecule has 2 aromatic rings. The van der Waals surface area contributed by atoms with Crippen LogP contribution in [0, 0.1) is 15.9 Å². The summed E-state index contributed by atoms with van der Waals surface area (Å²) in [6, 6.07) is 8.33. The number of carbonyl (C=O) groups excluding carboxylic acids is 1. The second kappa shape index (κ2) is 5.06. The van der Waals surface area contributed by atoms with Gasteiger partial charge in [-0.1, -0.05) is 0 Å². The first-order chi connectivity index (χ1) is 10.5. The highest BCUT2D eigenvalue weighted by atomic mass is 19.1. The average molecular weight is 306 g/mol. The van der Waals surface area contributed by atoms with Crippen molar-refractivity contribution in [3.8, 4) is 5.75 Å². The molecule has 1 unspecified atom stereocenters. The number of alkyl halides is 1. The fraction of sp³-hybridized carbons (Fsp3) is 0.0714. The van der Waals surface area contributed by atoms with E-state index >= 15 is 0 Å². The lowest BCUT2D eigenvalue weighted by Crippen LogP contribution is -2.40. The summed E-state index contributed by atoms with van der Waals surface area (Å²) in [6.07, 6.45) is -2.29. The van der Waals surface area contributed by atoms with Crippen molar-refractivity contribution in [3.05, 3.63) is 58.4 Å². The topological polar surface area (TPSA) is 72.7 Å². The minimum atomic E-state index is -2.29. The number of halogens is 2. The van der Waals surface area contributed by atoms with Gasteiger partial charge in [0.05, 0.1) is 16.7 Å². The van der Waals surface area contributed by atoms with Gasteiger partial charge in [-0.3, -0.25) is 19.8 Å². The SMILES string of the molecule is O=C1C(F)Oc2cc([N+](=O)[O-])ccc2N1c1ccc(F)cc1. The van der Waals surface area contributed by atoms with Crippen LogP contribution in [0.3, 0.4) is 0 Å². The van der Waals surface area contributed by atoms with E-state index in [-0.39, 0.29) is 22.8 Å². The lowest BCUT2D eigenvalue weighted by atomic mass is 10.1. The third-order valence-corrected chi connectivity index (χ3v) is 3.12. The van der Waals surface area contributed by atoms with Gasteiger partial charge in [0, 0.05) is 11.8 Å². The number of anilines is 2. The van der Waals surface area contributed by atoms with Crippen molar-refractivity contribution in [2.45, 2.75) is 6.36 Å². The molecule has 0 aromatic heterocycles. The molecule has 1 aliphatic rings. The van der Waals surface area contributed by atoms with E-state index in [1.165, 1.54) is 24.3 Å². The molecule has 2 aromatic carbocycles. The Morgan fingerprint density at radius 3 is 2.50 bits per heavy atom. The highest BCUT2D eigenvalue weighted by Crippen LogP contribution is 2.41. The molecule has 8 heteroatoms. The summed E-state index contributed by atoms with van der Waals surface area (Å²) in [5.41, 5.74) is 0.0860. The smallest absolute Gasteiger partial charge is 0.317 e. The minimum Gasteiger partial charge on any atom is -0.449 e. The lowest BCUT2D eigenvalue weighted by Gasteiger charge is -2.30. The number of amides is 1. The summed E-state index contributed by atoms with van der Waals surface area (Å²) in [4.78, 5) is 23.1. The second-order valence-electron chi connectivity index (χ2n) is 4.49. The van der Waals surface area contributed by atoms with Crippen LogP contribution >= 0.6 is 0 Å². The molecule has 0 aliphatic carbocycles. The first-order valence-corrected chi connectivity index (χ1v) is 6.16. The van der Waals surface area contributed by atoms with Crippen LogP contribution in [-0.4, -0.2) is 17.2 Å². The second-order valence-corrected chi connectivity index (χ2v) is 4.49. The highest BCUT2D eigenvalue weighted by molar-refractivity contribution is 6.05. The number of hydrogen-bond acceptors (Lipinski definition) is 4. The summed E-state index contributed by atoms with van der Waals surface area (Å²) >= 11 is 0. The standard InChI is InChI=1S/C14H8F2N2O4/c15-8-1-3-9(4-2-8)17-11-6-5-10(18(20)21)7-12(11)22-13(16)14(17)19/h1-7,13H. The quantitative estimate of drug-likeness (QED) is 0.631. The number of nitro groups is 1. The number of rotatable bonds is 2. The number of fused-ring (bicyclic) bond motifs is 1. The number of benzene rings is 2. The van der Waals surface area contributed by atoms with Crippen LogP contribution in [0.25, 0.3) is 0 Å². The maximum atomic E-state index is 13.7. The van der Waals surface area contributed by atoms with Crippen molar-refractivity contribution in [2.24, 2.45) is 0 Å². The highest BCUT2D eigenvalue weighted by Gasteiger charge is 2.36. The van der Waals surface area contributed by atoms with E-state index in [4.69, 9.17) is 4.74 Å². The molecule has 3 rings (SSSR count). The van der Waals surface area contributed by atoms with Crippen LogP contribution in [-0.2, 0) is 4.79 Å². The Hall–Kier alpha value is -3.03. The van der Waals surface area contributed by atoms with Crippen LogP contribution < -0.4 is 9.64 Å². The Kier molecular flexibility index (Phi) is 3.21. The summed E-state index contributed by atoms with van der Waals surface area (Å²) in [7, 11) is 0. The minimum absolute atomic E-state index is 0.134. The zero-order valence-corrected chi connectivity index (χ0v) is 10.9. The molecule has 0 saturated heterocycles. The molecule has 22 heavy (non-hydrogen) atoms. The van der Waals surface area contributed by atoms with Gasteiger partial charge in [0.2, 0.25) is 0 Å². The molecule has 112 valence electrons. The summed E-state index contributed by atoms with van der Waals surface area (Å²) in [5.74, 6) is -1.64. The average Bonchev–Trinajstić information content (AvgIpc) is 2.49. The molecular formula is C14H8F2N2O4. The van der Waals surface area contributed by atoms with E-state index in [0.717, 1.165) is 23.1 Å². The largest absolute Gasteiger partial charge is 0.449 e. The molecule has 1 aliphatic heterocycles. The maximum Gasteiger partial charge on any atom is 0.317 e. The zero-order valence-electron chi connectivity index (χ0n) is 10.9. The monoisotopic (exact) mass is 306 g/mol. The molecular weight excluding hydrogens is 298 g/mol. The Morgan fingerprint density at radius 2 is 1.86 bits per heavy atom. The molecule has 0 N–H and O–H groups in total. The molecule has 6 nitrogen and oxygen atoms in total. The normalized spacial score (nSPS) is 16.9. The van der Waals surface area contributed by atoms with Gasteiger partial charge in [0.1, 0.15) is 5.82 Å². The number of carbonyl (C=O) groups is 1. The first kappa shape index (κ1) is 13.9. The van der Waals surface area contributed by atoms with Crippen molar-refractivity contribution in [2.75, 3.05) is 4.90 Å². The Labute approximate surface area is 122 Å². The van der Waals surface area contributed by atoms with Gasteiger partial charge in [-0.25, -0.2) is 4.39 Å². The molecule has 0 fully saturated rings. The van der Waals surface area contributed by atoms with E-state index in [0.29, 0.717) is 0 Å². The van der Waals surface area contributed by atoms with Gasteiger partial charge in [-0.2, -0.15) is 4.39 Å². The third-order valence-electron chi connectivity index (χ3n) is 3.12. The predicted molar refractivity (Wildman–Crippen MR) is 72.2 cm³/mol. The van der Waals surface area contributed by atoms with Crippen LogP contribution in [0.1, 0.15) is 0 Å². The predicted octanol–water partition coefficient (Wildman–Crippen LogP) is 3.09. The van der Waals surface area contributed by atoms with Gasteiger partial charge in [0.25, 0.3) is 5.69 Å². The summed E-state index contributed by atoms with van der Waals surface area (Å²) < 4.78 is 31.5. The molecule has 1 atom stereocenters. The lowest BCUT2D eigenvalue weighted by molar-refractivity contribution is -0.385. The number of hydrogen-bond donors (Lipinski definition) is 0. The molecule has 0 spiro atoms. The van der Waals surface area contributed by atoms with Gasteiger partial charge >= 0.3 is 12.3 Å². The van der Waals surface area contributed by atoms with Gasteiger partial charge in [-0.15, -0.1) is 0 Å². The molecule has 0 radical (unpaired) electrons. The molecule has 0 saturated carbocycles. The molecule has 0 bridgehead atoms. The number of ether oxygens (including phenoxy) is 1. The van der Waals surface area contributed by atoms with E-state index < -0.39 is 23.0 Å². The van der Waals surface area contributed by atoms with E-state index in [2.05, 4.69) is 0 Å². The van der Waals surface area contributed by atoms with Gasteiger partial charge < -0.3 is 4.74 Å². The molecule has 1 heterocycles. The van der Waals surface area contributed by atoms with Crippen LogP contribution in [0.2, 0.25) is 0 Å². The number of nitrogens with zero attached hydrogens (tertiary/aromatic N) is 2. The molecule has 1 amide bonds. The maximum absolute atomic E-state index is 13.7. The Morgan fingerprint density at radius 1 is 1.18 bits per heavy atom. The van der Waals surface area contributed by atoms with Crippen LogP contribution in [0.15, 0.2) is 42.5 Å². The van der Waals surface area contributed by atoms with E-state index in [9.17, 15) is 23.7 Å². The van der Waals surface area contributed by atoms with Crippen molar-refractivity contribution < 1.29 is 23.2 Å². The Balaban J connectivity index is 2.13. The van der Waals surface area contributed by atoms with Gasteiger partial charge in [0.15, 0.2) is 5.75 Å². The number of non-ortho nitro benzene ring substituents is 1. The fourth-order valence-electron chi connectivity index (χ4n) is 2.13. The van der Waals surface area contributed by atoms with Crippen molar-refractivity contribution in [3.63, 3.8) is 0 Å². The summed E-state index contributed by atoms with van der Waals surface area (Å²) in [5, 5.41) is 10.8. The Bertz CT molecular complexity index is 764. The zero-order chi connectivity index (χ0) is 15.9.